The van der Waals surface area contributed by atoms with Gasteiger partial charge < -0.3 is 44.2 Å². The van der Waals surface area contributed by atoms with Gasteiger partial charge in [0.05, 0.1) is 6.61 Å². The third kappa shape index (κ3) is 4.54. The van der Waals surface area contributed by atoms with Gasteiger partial charge in [0, 0.05) is 30.7 Å². The molecule has 11 heteroatoms. The van der Waals surface area contributed by atoms with Gasteiger partial charge in [-0.2, -0.15) is 0 Å². The molecule has 180 valence electrons. The molecule has 5 atom stereocenters. The number of rotatable bonds is 5. The lowest BCUT2D eigenvalue weighted by molar-refractivity contribution is -0.281. The van der Waals surface area contributed by atoms with E-state index in [2.05, 4.69) is 0 Å². The summed E-state index contributed by atoms with van der Waals surface area (Å²) < 4.78 is 21.7. The Bertz CT molecular complexity index is 1250. The van der Waals surface area contributed by atoms with Crippen LogP contribution in [0.2, 0.25) is 0 Å². The maximum atomic E-state index is 12.6. The van der Waals surface area contributed by atoms with Crippen molar-refractivity contribution >= 4 is 16.9 Å². The van der Waals surface area contributed by atoms with Crippen molar-refractivity contribution in [3.63, 3.8) is 0 Å². The van der Waals surface area contributed by atoms with Gasteiger partial charge in [0.2, 0.25) is 6.29 Å². The van der Waals surface area contributed by atoms with Gasteiger partial charge in [-0.3, -0.25) is 9.59 Å². The molecule has 5 N–H and O–H groups in total. The topological polar surface area (TPSA) is 176 Å². The van der Waals surface area contributed by atoms with Crippen LogP contribution in [0, 0.1) is 0 Å². The first-order chi connectivity index (χ1) is 16.2. The summed E-state index contributed by atoms with van der Waals surface area (Å²) in [6.45, 7) is 0.438. The largest absolute Gasteiger partial charge is 0.508 e. The average molecular weight is 474 g/mol. The first-order valence-electron chi connectivity index (χ1n) is 10.2. The van der Waals surface area contributed by atoms with Crippen LogP contribution in [0.5, 0.6) is 17.2 Å². The van der Waals surface area contributed by atoms with E-state index in [0.717, 1.165) is 13.0 Å². The van der Waals surface area contributed by atoms with Crippen LogP contribution in [0.25, 0.3) is 22.3 Å². The van der Waals surface area contributed by atoms with Crippen LogP contribution < -0.4 is 10.2 Å². The van der Waals surface area contributed by atoms with Gasteiger partial charge in [0.1, 0.15) is 46.2 Å². The minimum atomic E-state index is -1.64. The van der Waals surface area contributed by atoms with Crippen LogP contribution >= 0.6 is 0 Å². The number of benzene rings is 2. The molecule has 11 nitrogen and oxygen atoms in total. The van der Waals surface area contributed by atoms with Crippen LogP contribution in [0.15, 0.2) is 51.7 Å². The lowest BCUT2D eigenvalue weighted by Crippen LogP contribution is -2.61. The van der Waals surface area contributed by atoms with E-state index in [1.165, 1.54) is 24.3 Å². The number of hydrogen-bond acceptors (Lipinski definition) is 11. The Kier molecular flexibility index (Phi) is 6.44. The fourth-order valence-corrected chi connectivity index (χ4v) is 3.69. The predicted molar refractivity (Wildman–Crippen MR) is 115 cm³/mol. The van der Waals surface area contributed by atoms with Gasteiger partial charge in [0.25, 0.3) is 0 Å². The van der Waals surface area contributed by atoms with Crippen molar-refractivity contribution in [3.05, 3.63) is 52.7 Å². The number of ether oxygens (including phenoxy) is 3. The minimum absolute atomic E-state index is 0.0321. The van der Waals surface area contributed by atoms with Crippen LogP contribution in [-0.2, 0) is 14.3 Å². The molecule has 0 unspecified atom stereocenters. The molecular formula is C23H22O11. The normalized spacial score (nSPS) is 24.6. The van der Waals surface area contributed by atoms with Gasteiger partial charge in [-0.05, 0) is 24.3 Å². The molecule has 2 aromatic carbocycles. The highest BCUT2D eigenvalue weighted by atomic mass is 16.7. The quantitative estimate of drug-likeness (QED) is 0.328. The van der Waals surface area contributed by atoms with E-state index >= 15 is 0 Å². The molecule has 0 spiro atoms. The molecule has 1 fully saturated rings. The maximum Gasteiger partial charge on any atom is 0.303 e. The van der Waals surface area contributed by atoms with Crippen molar-refractivity contribution < 1.29 is 49.0 Å². The summed E-state index contributed by atoms with van der Waals surface area (Å²) in [7, 11) is 0. The predicted octanol–water partition coefficient (Wildman–Crippen LogP) is 0.621. The van der Waals surface area contributed by atoms with Gasteiger partial charge >= 0.3 is 5.97 Å². The van der Waals surface area contributed by atoms with Crippen molar-refractivity contribution in [2.24, 2.45) is 0 Å². The number of aromatic hydroxyl groups is 2. The summed E-state index contributed by atoms with van der Waals surface area (Å²) in [6, 6.07) is 9.52. The summed E-state index contributed by atoms with van der Waals surface area (Å²) in [4.78, 5) is 24.0. The first-order valence-corrected chi connectivity index (χ1v) is 10.2. The zero-order valence-corrected chi connectivity index (χ0v) is 17.8. The van der Waals surface area contributed by atoms with Crippen molar-refractivity contribution in [2.75, 3.05) is 6.61 Å². The molecular weight excluding hydrogens is 452 g/mol. The zero-order valence-electron chi connectivity index (χ0n) is 17.8. The second-order valence-electron chi connectivity index (χ2n) is 7.74. The van der Waals surface area contributed by atoms with Gasteiger partial charge in [-0.1, -0.05) is 0 Å². The molecule has 34 heavy (non-hydrogen) atoms. The fraction of sp³-hybridized carbons (Fsp3) is 0.304. The Morgan fingerprint density at radius 2 is 1.76 bits per heavy atom. The number of aliphatic hydroxyl groups is 3. The monoisotopic (exact) mass is 474 g/mol. The fourth-order valence-electron chi connectivity index (χ4n) is 3.69. The second-order valence-corrected chi connectivity index (χ2v) is 7.74. The van der Waals surface area contributed by atoms with E-state index in [1.807, 2.05) is 0 Å². The summed E-state index contributed by atoms with van der Waals surface area (Å²) >= 11 is 0. The number of phenolic OH excluding ortho intramolecular Hbond substituents is 2. The third-order valence-electron chi connectivity index (χ3n) is 5.31. The number of fused-ring (bicyclic) bond motifs is 1. The number of aliphatic hydroxyl groups excluding tert-OH is 3. The van der Waals surface area contributed by atoms with E-state index < -0.39 is 54.5 Å². The molecule has 2 heterocycles. The van der Waals surface area contributed by atoms with E-state index in [1.54, 1.807) is 12.1 Å². The van der Waals surface area contributed by atoms with Gasteiger partial charge in [0.15, 0.2) is 17.6 Å². The molecule has 0 amide bonds. The SMILES string of the molecule is CC(=O)O[C@@H]1[C@@H](O)[C@H](Oc2cc(O)c3c(=O)cc(-c4ccc(O)cc4)oc3c2)O[C@H](CO)[C@H]1O. The Morgan fingerprint density at radius 1 is 1.06 bits per heavy atom. The standard InChI is InChI=1S/C23H22O11/c1-10(25)31-22-20(29)18(9-24)34-23(21(22)30)32-13-6-14(27)19-15(28)8-16(33-17(19)7-13)11-2-4-12(26)5-3-11/h2-8,18,20-24,26-27,29-30H,9H2,1H3/t18-,20-,21-,22+,23-/m1/s1. The highest BCUT2D eigenvalue weighted by molar-refractivity contribution is 5.86. The molecule has 0 bridgehead atoms. The summed E-state index contributed by atoms with van der Waals surface area (Å²) in [5, 5.41) is 50.0. The number of carbonyl (C=O) groups is 1. The Labute approximate surface area is 192 Å². The number of carbonyl (C=O) groups excluding carboxylic acids is 1. The Morgan fingerprint density at radius 3 is 2.41 bits per heavy atom. The number of hydrogen-bond donors (Lipinski definition) is 5. The average Bonchev–Trinajstić information content (AvgIpc) is 2.78. The van der Waals surface area contributed by atoms with Crippen molar-refractivity contribution in [2.45, 2.75) is 37.6 Å². The third-order valence-corrected chi connectivity index (χ3v) is 5.31. The minimum Gasteiger partial charge on any atom is -0.508 e. The molecule has 0 aliphatic carbocycles. The molecule has 1 aliphatic heterocycles. The summed E-state index contributed by atoms with van der Waals surface area (Å²) in [5.74, 6) is -1.10. The van der Waals surface area contributed by atoms with Crippen LogP contribution in [0.3, 0.4) is 0 Å². The molecule has 3 aromatic rings. The summed E-state index contributed by atoms with van der Waals surface area (Å²) in [6.07, 6.45) is -7.34. The number of esters is 1. The molecule has 4 rings (SSSR count). The Hall–Kier alpha value is -3.64. The maximum absolute atomic E-state index is 12.6. The number of phenols is 2. The van der Waals surface area contributed by atoms with Crippen molar-refractivity contribution in [1.29, 1.82) is 0 Å². The highest BCUT2D eigenvalue weighted by Crippen LogP contribution is 2.33. The van der Waals surface area contributed by atoms with E-state index in [-0.39, 0.29) is 28.2 Å². The smallest absolute Gasteiger partial charge is 0.303 e. The molecule has 1 aromatic heterocycles. The zero-order chi connectivity index (χ0) is 24.6. The molecule has 0 saturated carbocycles. The van der Waals surface area contributed by atoms with E-state index in [4.69, 9.17) is 18.6 Å². The van der Waals surface area contributed by atoms with Crippen molar-refractivity contribution in [1.82, 2.24) is 0 Å². The van der Waals surface area contributed by atoms with Gasteiger partial charge in [-0.15, -0.1) is 0 Å². The molecule has 1 aliphatic rings. The van der Waals surface area contributed by atoms with Gasteiger partial charge in [-0.25, -0.2) is 0 Å². The van der Waals surface area contributed by atoms with Crippen LogP contribution in [-0.4, -0.2) is 68.8 Å². The first kappa shape index (κ1) is 23.5. The lowest BCUT2D eigenvalue weighted by Gasteiger charge is -2.41. The summed E-state index contributed by atoms with van der Waals surface area (Å²) in [5.41, 5.74) is -0.0653. The van der Waals surface area contributed by atoms with E-state index in [0.29, 0.717) is 5.56 Å². The van der Waals surface area contributed by atoms with Crippen molar-refractivity contribution in [3.8, 4) is 28.6 Å². The molecule has 1 saturated heterocycles. The van der Waals surface area contributed by atoms with Crippen LogP contribution in [0.1, 0.15) is 6.92 Å². The second kappa shape index (κ2) is 9.31. The Balaban J connectivity index is 1.69. The highest BCUT2D eigenvalue weighted by Gasteiger charge is 2.47. The van der Waals surface area contributed by atoms with E-state index in [9.17, 15) is 35.1 Å². The molecule has 0 radical (unpaired) electrons. The lowest BCUT2D eigenvalue weighted by atomic mass is 9.99. The van der Waals surface area contributed by atoms with Crippen LogP contribution in [0.4, 0.5) is 0 Å².